The highest BCUT2D eigenvalue weighted by Gasteiger charge is 2.27. The minimum absolute atomic E-state index is 0.0368. The number of hydrazone groups is 1. The van der Waals surface area contributed by atoms with E-state index in [1.54, 1.807) is 30.3 Å². The summed E-state index contributed by atoms with van der Waals surface area (Å²) in [4.78, 5) is 23.9. The zero-order valence-electron chi connectivity index (χ0n) is 15.2. The Bertz CT molecular complexity index is 926. The average Bonchev–Trinajstić information content (AvgIpc) is 2.72. The summed E-state index contributed by atoms with van der Waals surface area (Å²) in [5, 5.41) is 13.3. The topological polar surface area (TPSA) is 116 Å². The SMILES string of the molecule is COc1ccc(/C=N\NC(=O)[C@@H]2COc3ccccc3O2)c(C(=O)O)c1OC. The van der Waals surface area contributed by atoms with Crippen LogP contribution in [0, 0.1) is 0 Å². The van der Waals surface area contributed by atoms with Gasteiger partial charge < -0.3 is 24.1 Å². The Morgan fingerprint density at radius 1 is 1.18 bits per heavy atom. The van der Waals surface area contributed by atoms with E-state index in [0.717, 1.165) is 0 Å². The smallest absolute Gasteiger partial charge is 0.340 e. The van der Waals surface area contributed by atoms with Crippen LogP contribution in [0.15, 0.2) is 41.5 Å². The lowest BCUT2D eigenvalue weighted by molar-refractivity contribution is -0.130. The molecule has 0 saturated heterocycles. The molecule has 1 atom stereocenters. The molecule has 2 N–H and O–H groups in total. The number of benzene rings is 2. The molecule has 0 fully saturated rings. The molecule has 2 aromatic rings. The van der Waals surface area contributed by atoms with Gasteiger partial charge >= 0.3 is 5.97 Å². The number of hydrogen-bond acceptors (Lipinski definition) is 7. The zero-order chi connectivity index (χ0) is 20.1. The number of carboxylic acids is 1. The summed E-state index contributed by atoms with van der Waals surface area (Å²) in [6, 6.07) is 10.1. The van der Waals surface area contributed by atoms with Gasteiger partial charge in [0.2, 0.25) is 6.10 Å². The van der Waals surface area contributed by atoms with E-state index < -0.39 is 18.0 Å². The van der Waals surface area contributed by atoms with Crippen molar-refractivity contribution in [2.24, 2.45) is 5.10 Å². The number of amides is 1. The number of rotatable bonds is 6. The summed E-state index contributed by atoms with van der Waals surface area (Å²) in [5.74, 6) is -0.386. The number of aromatic carboxylic acids is 1. The van der Waals surface area contributed by atoms with Crippen LogP contribution >= 0.6 is 0 Å². The largest absolute Gasteiger partial charge is 0.493 e. The molecule has 1 heterocycles. The van der Waals surface area contributed by atoms with E-state index in [0.29, 0.717) is 11.5 Å². The second-order valence-electron chi connectivity index (χ2n) is 5.67. The Kier molecular flexibility index (Phi) is 5.64. The zero-order valence-corrected chi connectivity index (χ0v) is 15.2. The highest BCUT2D eigenvalue weighted by molar-refractivity contribution is 6.02. The first kappa shape index (κ1) is 19.0. The van der Waals surface area contributed by atoms with Crippen LogP contribution in [-0.4, -0.2) is 50.1 Å². The van der Waals surface area contributed by atoms with Crippen molar-refractivity contribution in [3.63, 3.8) is 0 Å². The predicted octanol–water partition coefficient (Wildman–Crippen LogP) is 1.69. The second-order valence-corrected chi connectivity index (χ2v) is 5.67. The molecule has 9 heteroatoms. The summed E-state index contributed by atoms with van der Waals surface area (Å²) in [5.41, 5.74) is 2.42. The first-order valence-corrected chi connectivity index (χ1v) is 8.24. The van der Waals surface area contributed by atoms with Crippen molar-refractivity contribution in [1.82, 2.24) is 5.43 Å². The molecule has 3 rings (SSSR count). The van der Waals surface area contributed by atoms with Crippen molar-refractivity contribution in [3.05, 3.63) is 47.5 Å². The van der Waals surface area contributed by atoms with Crippen molar-refractivity contribution in [2.45, 2.75) is 6.10 Å². The van der Waals surface area contributed by atoms with Crippen molar-refractivity contribution in [1.29, 1.82) is 0 Å². The summed E-state index contributed by atoms with van der Waals surface area (Å²) >= 11 is 0. The van der Waals surface area contributed by atoms with Crippen LogP contribution in [-0.2, 0) is 4.79 Å². The fourth-order valence-electron chi connectivity index (χ4n) is 2.66. The molecule has 0 aromatic heterocycles. The van der Waals surface area contributed by atoms with Gasteiger partial charge in [0.1, 0.15) is 12.2 Å². The molecule has 0 spiro atoms. The molecule has 0 radical (unpaired) electrons. The lowest BCUT2D eigenvalue weighted by atomic mass is 10.1. The van der Waals surface area contributed by atoms with Crippen LogP contribution < -0.4 is 24.4 Å². The van der Waals surface area contributed by atoms with Gasteiger partial charge in [0.05, 0.1) is 20.4 Å². The van der Waals surface area contributed by atoms with Gasteiger partial charge in [-0.05, 0) is 24.3 Å². The van der Waals surface area contributed by atoms with E-state index in [2.05, 4.69) is 10.5 Å². The molecule has 1 aliphatic heterocycles. The molecule has 0 saturated carbocycles. The van der Waals surface area contributed by atoms with E-state index in [1.165, 1.54) is 26.5 Å². The lowest BCUT2D eigenvalue weighted by Gasteiger charge is -2.24. The highest BCUT2D eigenvalue weighted by atomic mass is 16.6. The summed E-state index contributed by atoms with van der Waals surface area (Å²) < 4.78 is 21.3. The highest BCUT2D eigenvalue weighted by Crippen LogP contribution is 2.33. The van der Waals surface area contributed by atoms with Crippen LogP contribution in [0.2, 0.25) is 0 Å². The van der Waals surface area contributed by atoms with Crippen LogP contribution in [0.4, 0.5) is 0 Å². The van der Waals surface area contributed by atoms with Gasteiger partial charge in [0.15, 0.2) is 23.0 Å². The summed E-state index contributed by atoms with van der Waals surface area (Å²) in [6.07, 6.45) is 0.331. The number of carbonyl (C=O) groups excluding carboxylic acids is 1. The average molecular weight is 386 g/mol. The van der Waals surface area contributed by atoms with Gasteiger partial charge in [-0.15, -0.1) is 0 Å². The molecule has 0 bridgehead atoms. The monoisotopic (exact) mass is 386 g/mol. The number of methoxy groups -OCH3 is 2. The standard InChI is InChI=1S/C19H18N2O7/c1-25-14-8-7-11(16(19(23)24)17(14)26-2)9-20-21-18(22)15-10-27-12-5-3-4-6-13(12)28-15/h3-9,15H,10H2,1-2H3,(H,21,22)(H,23,24)/b20-9-/t15-/m0/s1. The summed E-state index contributed by atoms with van der Waals surface area (Å²) in [7, 11) is 2.74. The normalized spacial score (nSPS) is 15.1. The van der Waals surface area contributed by atoms with Crippen molar-refractivity contribution < 1.29 is 33.6 Å². The Morgan fingerprint density at radius 3 is 2.61 bits per heavy atom. The van der Waals surface area contributed by atoms with Crippen LogP contribution in [0.5, 0.6) is 23.0 Å². The number of carbonyl (C=O) groups is 2. The van der Waals surface area contributed by atoms with Gasteiger partial charge in [0, 0.05) is 5.56 Å². The third-order valence-electron chi connectivity index (χ3n) is 3.97. The Balaban J connectivity index is 1.73. The molecule has 28 heavy (non-hydrogen) atoms. The minimum Gasteiger partial charge on any atom is -0.493 e. The van der Waals surface area contributed by atoms with E-state index >= 15 is 0 Å². The lowest BCUT2D eigenvalue weighted by Crippen LogP contribution is -2.42. The molecule has 1 aliphatic rings. The van der Waals surface area contributed by atoms with Crippen LogP contribution in [0.3, 0.4) is 0 Å². The van der Waals surface area contributed by atoms with Crippen molar-refractivity contribution >= 4 is 18.1 Å². The molecule has 1 amide bonds. The van der Waals surface area contributed by atoms with E-state index in [9.17, 15) is 14.7 Å². The molecule has 2 aromatic carbocycles. The fraction of sp³-hybridized carbons (Fsp3) is 0.211. The summed E-state index contributed by atoms with van der Waals surface area (Å²) in [6.45, 7) is 0.0368. The third kappa shape index (κ3) is 3.83. The molecule has 9 nitrogen and oxygen atoms in total. The molecule has 0 unspecified atom stereocenters. The van der Waals surface area contributed by atoms with E-state index in [1.807, 2.05) is 0 Å². The Hall–Kier alpha value is -3.75. The number of carboxylic acid groups (broad SMARTS) is 1. The van der Waals surface area contributed by atoms with Crippen LogP contribution in [0.25, 0.3) is 0 Å². The number of ether oxygens (including phenoxy) is 4. The number of nitrogens with one attached hydrogen (secondary N) is 1. The maximum atomic E-state index is 12.2. The maximum absolute atomic E-state index is 12.2. The first-order chi connectivity index (χ1) is 13.5. The Morgan fingerprint density at radius 2 is 1.93 bits per heavy atom. The molecule has 146 valence electrons. The number of nitrogens with zero attached hydrogens (tertiary/aromatic N) is 1. The van der Waals surface area contributed by atoms with Gasteiger partial charge in [-0.25, -0.2) is 10.2 Å². The van der Waals surface area contributed by atoms with Gasteiger partial charge in [-0.2, -0.15) is 5.10 Å². The number of hydrogen-bond donors (Lipinski definition) is 2. The molecular formula is C19H18N2O7. The second kappa shape index (κ2) is 8.30. The van der Waals surface area contributed by atoms with Crippen LogP contribution in [0.1, 0.15) is 15.9 Å². The van der Waals surface area contributed by atoms with E-state index in [-0.39, 0.29) is 29.2 Å². The third-order valence-corrected chi connectivity index (χ3v) is 3.97. The first-order valence-electron chi connectivity index (χ1n) is 8.24. The fourth-order valence-corrected chi connectivity index (χ4v) is 2.66. The predicted molar refractivity (Wildman–Crippen MR) is 98.6 cm³/mol. The number of fused-ring (bicyclic) bond motifs is 1. The maximum Gasteiger partial charge on any atom is 0.340 e. The van der Waals surface area contributed by atoms with Gasteiger partial charge in [-0.1, -0.05) is 12.1 Å². The van der Waals surface area contributed by atoms with Crippen molar-refractivity contribution in [2.75, 3.05) is 20.8 Å². The van der Waals surface area contributed by atoms with E-state index in [4.69, 9.17) is 18.9 Å². The van der Waals surface area contributed by atoms with Gasteiger partial charge in [-0.3, -0.25) is 4.79 Å². The molecule has 0 aliphatic carbocycles. The quantitative estimate of drug-likeness (QED) is 0.573. The van der Waals surface area contributed by atoms with Crippen molar-refractivity contribution in [3.8, 4) is 23.0 Å². The molecular weight excluding hydrogens is 368 g/mol. The Labute approximate surface area is 160 Å². The number of para-hydroxylation sites is 2. The van der Waals surface area contributed by atoms with Gasteiger partial charge in [0.25, 0.3) is 5.91 Å². The minimum atomic E-state index is -1.22.